The van der Waals surface area contributed by atoms with Crippen LogP contribution >= 0.6 is 0 Å². The molecule has 0 spiro atoms. The van der Waals surface area contributed by atoms with Crippen molar-refractivity contribution < 1.29 is 10.2 Å². The van der Waals surface area contributed by atoms with Gasteiger partial charge in [-0.15, -0.1) is 0 Å². The van der Waals surface area contributed by atoms with Gasteiger partial charge in [0.2, 0.25) is 0 Å². The molecule has 4 heteroatoms. The van der Waals surface area contributed by atoms with Crippen molar-refractivity contribution >= 4 is 0 Å². The second-order valence-electron chi connectivity index (χ2n) is 3.88. The van der Waals surface area contributed by atoms with Crippen LogP contribution in [0.5, 0.6) is 0 Å². The number of aliphatic hydroxyl groups excluding tert-OH is 2. The monoisotopic (exact) mass is 202 g/mol. The summed E-state index contributed by atoms with van der Waals surface area (Å²) in [5.74, 6) is 0. The number of likely N-dealkylation sites (N-methyl/N-ethyl adjacent to an activating group) is 1. The molecule has 0 aromatic heterocycles. The van der Waals surface area contributed by atoms with Crippen LogP contribution in [0.15, 0.2) is 0 Å². The molecular weight excluding hydrogens is 180 g/mol. The Morgan fingerprint density at radius 1 is 1.29 bits per heavy atom. The number of rotatable bonds is 3. The second-order valence-corrected chi connectivity index (χ2v) is 3.88. The molecule has 0 amide bonds. The van der Waals surface area contributed by atoms with Gasteiger partial charge in [-0.1, -0.05) is 6.92 Å². The summed E-state index contributed by atoms with van der Waals surface area (Å²) in [6, 6.07) is 0.907. The molecule has 0 aliphatic carbocycles. The van der Waals surface area contributed by atoms with Crippen molar-refractivity contribution in [1.29, 1.82) is 0 Å². The van der Waals surface area contributed by atoms with E-state index < -0.39 is 0 Å². The number of hydrogen-bond donors (Lipinski definition) is 3. The van der Waals surface area contributed by atoms with Crippen LogP contribution in [-0.2, 0) is 0 Å². The van der Waals surface area contributed by atoms with Crippen molar-refractivity contribution in [2.24, 2.45) is 0 Å². The smallest absolute Gasteiger partial charge is 0.0587 e. The van der Waals surface area contributed by atoms with E-state index in [9.17, 15) is 0 Å². The molecule has 2 heterocycles. The Labute approximate surface area is 85.9 Å². The van der Waals surface area contributed by atoms with E-state index in [2.05, 4.69) is 17.1 Å². The summed E-state index contributed by atoms with van der Waals surface area (Å²) in [5.41, 5.74) is 0. The Hall–Kier alpha value is -0.160. The van der Waals surface area contributed by atoms with Crippen LogP contribution in [0.1, 0.15) is 19.8 Å². The summed E-state index contributed by atoms with van der Waals surface area (Å²) >= 11 is 0. The van der Waals surface area contributed by atoms with Gasteiger partial charge in [0, 0.05) is 18.6 Å². The lowest BCUT2D eigenvalue weighted by Crippen LogP contribution is -2.49. The lowest BCUT2D eigenvalue weighted by Gasteiger charge is -2.38. The number of aliphatic hydroxyl groups is 2. The van der Waals surface area contributed by atoms with Crippen LogP contribution in [0, 0.1) is 0 Å². The first kappa shape index (κ1) is 11.9. The minimum atomic E-state index is 0.306. The van der Waals surface area contributed by atoms with Gasteiger partial charge < -0.3 is 15.5 Å². The fraction of sp³-hybridized carbons (Fsp3) is 1.00. The first-order valence-electron chi connectivity index (χ1n) is 5.51. The average molecular weight is 202 g/mol. The van der Waals surface area contributed by atoms with Gasteiger partial charge >= 0.3 is 0 Å². The van der Waals surface area contributed by atoms with E-state index in [1.807, 2.05) is 0 Å². The second kappa shape index (κ2) is 6.35. The zero-order valence-electron chi connectivity index (χ0n) is 8.95. The van der Waals surface area contributed by atoms with E-state index in [0.717, 1.165) is 19.5 Å². The fourth-order valence-electron chi connectivity index (χ4n) is 1.62. The van der Waals surface area contributed by atoms with E-state index in [1.54, 1.807) is 0 Å². The normalized spacial score (nSPS) is 31.1. The SMILES string of the molecule is CCN1CC[C@@H]1CO.OC[C@H]1CCN1. The van der Waals surface area contributed by atoms with Gasteiger partial charge in [0.25, 0.3) is 0 Å². The Kier molecular flexibility index (Phi) is 5.40. The predicted octanol–water partition coefficient (Wildman–Crippen LogP) is -0.586. The summed E-state index contributed by atoms with van der Waals surface area (Å²) in [4.78, 5) is 2.28. The molecule has 0 radical (unpaired) electrons. The molecule has 2 rings (SSSR count). The van der Waals surface area contributed by atoms with Gasteiger partial charge in [0.1, 0.15) is 0 Å². The van der Waals surface area contributed by atoms with Crippen LogP contribution in [0.4, 0.5) is 0 Å². The van der Waals surface area contributed by atoms with Crippen LogP contribution < -0.4 is 5.32 Å². The summed E-state index contributed by atoms with van der Waals surface area (Å²) in [7, 11) is 0. The van der Waals surface area contributed by atoms with Crippen LogP contribution in [0.2, 0.25) is 0 Å². The molecule has 0 aromatic carbocycles. The topological polar surface area (TPSA) is 55.7 Å². The van der Waals surface area contributed by atoms with Crippen LogP contribution in [0.25, 0.3) is 0 Å². The molecule has 3 N–H and O–H groups in total. The molecule has 2 saturated heterocycles. The Bertz CT molecular complexity index is 134. The van der Waals surface area contributed by atoms with E-state index in [-0.39, 0.29) is 0 Å². The highest BCUT2D eigenvalue weighted by molar-refractivity contribution is 4.80. The molecule has 2 aliphatic heterocycles. The third-order valence-electron chi connectivity index (χ3n) is 3.03. The molecular formula is C10H22N2O2. The van der Waals surface area contributed by atoms with Crippen molar-refractivity contribution in [3.8, 4) is 0 Å². The predicted molar refractivity (Wildman–Crippen MR) is 56.2 cm³/mol. The highest BCUT2D eigenvalue weighted by Gasteiger charge is 2.24. The van der Waals surface area contributed by atoms with Gasteiger partial charge in [-0.3, -0.25) is 4.90 Å². The lowest BCUT2D eigenvalue weighted by molar-refractivity contribution is 0.0476. The van der Waals surface area contributed by atoms with E-state index in [4.69, 9.17) is 10.2 Å². The first-order valence-corrected chi connectivity index (χ1v) is 5.51. The molecule has 4 nitrogen and oxygen atoms in total. The zero-order valence-corrected chi connectivity index (χ0v) is 8.95. The Balaban J connectivity index is 0.000000146. The summed E-state index contributed by atoms with van der Waals surface area (Å²) < 4.78 is 0. The van der Waals surface area contributed by atoms with Crippen molar-refractivity contribution in [1.82, 2.24) is 10.2 Å². The molecule has 0 bridgehead atoms. The van der Waals surface area contributed by atoms with Crippen molar-refractivity contribution in [3.05, 3.63) is 0 Å². The van der Waals surface area contributed by atoms with Crippen LogP contribution in [-0.4, -0.2) is 60.0 Å². The van der Waals surface area contributed by atoms with E-state index in [1.165, 1.54) is 13.0 Å². The highest BCUT2D eigenvalue weighted by atomic mass is 16.3. The summed E-state index contributed by atoms with van der Waals surface area (Å²) in [6.45, 7) is 6.13. The number of nitrogens with one attached hydrogen (secondary N) is 1. The maximum absolute atomic E-state index is 8.65. The molecule has 84 valence electrons. The first-order chi connectivity index (χ1) is 6.81. The largest absolute Gasteiger partial charge is 0.395 e. The van der Waals surface area contributed by atoms with E-state index in [0.29, 0.717) is 25.3 Å². The minimum Gasteiger partial charge on any atom is -0.395 e. The lowest BCUT2D eigenvalue weighted by atomic mass is 10.1. The fourth-order valence-corrected chi connectivity index (χ4v) is 1.62. The van der Waals surface area contributed by atoms with Crippen molar-refractivity contribution in [2.75, 3.05) is 32.8 Å². The maximum Gasteiger partial charge on any atom is 0.0587 e. The van der Waals surface area contributed by atoms with Crippen molar-refractivity contribution in [2.45, 2.75) is 31.8 Å². The molecule has 2 aliphatic rings. The van der Waals surface area contributed by atoms with Gasteiger partial charge in [-0.2, -0.15) is 0 Å². The van der Waals surface area contributed by atoms with Gasteiger partial charge in [-0.25, -0.2) is 0 Å². The summed E-state index contributed by atoms with van der Waals surface area (Å²) in [6.07, 6.45) is 2.33. The van der Waals surface area contributed by atoms with Gasteiger partial charge in [0.15, 0.2) is 0 Å². The van der Waals surface area contributed by atoms with Crippen molar-refractivity contribution in [3.63, 3.8) is 0 Å². The summed E-state index contributed by atoms with van der Waals surface area (Å²) in [5, 5.41) is 20.0. The minimum absolute atomic E-state index is 0.306. The standard InChI is InChI=1S/C6H13NO.C4H9NO/c1-2-7-4-3-6(7)5-8;6-3-4-1-2-5-4/h6,8H,2-5H2,1H3;4-6H,1-3H2/t6-;4-/m11/s1. The van der Waals surface area contributed by atoms with Gasteiger partial charge in [-0.05, 0) is 25.9 Å². The molecule has 0 unspecified atom stereocenters. The third kappa shape index (κ3) is 3.20. The Morgan fingerprint density at radius 3 is 2.07 bits per heavy atom. The molecule has 2 fully saturated rings. The number of hydrogen-bond acceptors (Lipinski definition) is 4. The van der Waals surface area contributed by atoms with E-state index >= 15 is 0 Å². The van der Waals surface area contributed by atoms with Crippen LogP contribution in [0.3, 0.4) is 0 Å². The molecule has 14 heavy (non-hydrogen) atoms. The highest BCUT2D eigenvalue weighted by Crippen LogP contribution is 2.14. The van der Waals surface area contributed by atoms with Gasteiger partial charge in [0.05, 0.1) is 13.2 Å². The third-order valence-corrected chi connectivity index (χ3v) is 3.03. The molecule has 2 atom stereocenters. The number of nitrogens with zero attached hydrogens (tertiary/aromatic N) is 1. The zero-order chi connectivity index (χ0) is 10.4. The Morgan fingerprint density at radius 2 is 2.00 bits per heavy atom. The maximum atomic E-state index is 8.65. The molecule has 0 aromatic rings. The number of likely N-dealkylation sites (tertiary alicyclic amines) is 1. The average Bonchev–Trinajstić information content (AvgIpc) is 2.03. The quantitative estimate of drug-likeness (QED) is 0.573. The molecule has 0 saturated carbocycles.